The predicted octanol–water partition coefficient (Wildman–Crippen LogP) is 1.85. The van der Waals surface area contributed by atoms with Crippen LogP contribution in [0.4, 0.5) is 0 Å². The second-order valence-corrected chi connectivity index (χ2v) is 5.51. The Morgan fingerprint density at radius 1 is 1.58 bits per heavy atom. The van der Waals surface area contributed by atoms with Crippen LogP contribution in [0.15, 0.2) is 29.2 Å². The van der Waals surface area contributed by atoms with Crippen LogP contribution in [-0.4, -0.2) is 13.1 Å². The van der Waals surface area contributed by atoms with Crippen LogP contribution < -0.4 is 0 Å². The van der Waals surface area contributed by atoms with E-state index in [2.05, 4.69) is 6.07 Å². The van der Waals surface area contributed by atoms with Gasteiger partial charge in [0.05, 0.1) is 4.90 Å². The van der Waals surface area contributed by atoms with Crippen molar-refractivity contribution in [2.45, 2.75) is 16.5 Å². The first-order chi connectivity index (χ1) is 5.55. The van der Waals surface area contributed by atoms with Crippen LogP contribution in [0.1, 0.15) is 6.92 Å². The second kappa shape index (κ2) is 3.46. The van der Waals surface area contributed by atoms with Crippen LogP contribution >= 0.6 is 11.6 Å². The van der Waals surface area contributed by atoms with Crippen molar-refractivity contribution in [3.63, 3.8) is 0 Å². The van der Waals surface area contributed by atoms with Crippen LogP contribution in [0.25, 0.3) is 0 Å². The highest BCUT2D eigenvalue weighted by Gasteiger charge is 2.19. The third-order valence-electron chi connectivity index (χ3n) is 1.43. The summed E-state index contributed by atoms with van der Waals surface area (Å²) in [6.45, 7) is 1.43. The molecule has 1 rings (SSSR count). The maximum atomic E-state index is 11.4. The van der Waals surface area contributed by atoms with Crippen LogP contribution in [-0.2, 0) is 9.84 Å². The zero-order chi connectivity index (χ0) is 9.19. The van der Waals surface area contributed by atoms with Gasteiger partial charge in [-0.1, -0.05) is 12.1 Å². The Morgan fingerprint density at radius 2 is 2.25 bits per heavy atom. The van der Waals surface area contributed by atoms with Gasteiger partial charge < -0.3 is 0 Å². The van der Waals surface area contributed by atoms with Crippen molar-refractivity contribution in [1.29, 1.82) is 0 Å². The van der Waals surface area contributed by atoms with Crippen LogP contribution in [0.2, 0.25) is 0 Å². The highest BCUT2D eigenvalue weighted by molar-refractivity contribution is 7.93. The lowest BCUT2D eigenvalue weighted by Crippen LogP contribution is -2.11. The van der Waals surface area contributed by atoms with Crippen molar-refractivity contribution in [3.05, 3.63) is 30.3 Å². The molecule has 0 heterocycles. The van der Waals surface area contributed by atoms with Gasteiger partial charge in [-0.2, -0.15) is 0 Å². The van der Waals surface area contributed by atoms with Crippen molar-refractivity contribution in [3.8, 4) is 0 Å². The number of halogens is 1. The molecule has 1 aromatic carbocycles. The van der Waals surface area contributed by atoms with E-state index in [1.165, 1.54) is 19.1 Å². The van der Waals surface area contributed by atoms with E-state index < -0.39 is 14.5 Å². The van der Waals surface area contributed by atoms with E-state index in [1.807, 2.05) is 0 Å². The molecule has 2 nitrogen and oxygen atoms in total. The Labute approximate surface area is 77.1 Å². The van der Waals surface area contributed by atoms with E-state index in [1.54, 1.807) is 12.1 Å². The molecule has 0 saturated carbocycles. The Kier molecular flexibility index (Phi) is 2.75. The fourth-order valence-corrected chi connectivity index (χ4v) is 1.93. The lowest BCUT2D eigenvalue weighted by atomic mass is 10.4. The molecular formula is C8H8ClO2S. The fourth-order valence-electron chi connectivity index (χ4n) is 0.741. The standard InChI is InChI=1S/C8H8ClO2S/c1-7(9)12(10,11)8-5-3-2-4-6-8/h2-3,5-7H,1H3. The summed E-state index contributed by atoms with van der Waals surface area (Å²) in [6, 6.07) is 8.85. The Bertz CT molecular complexity index is 343. The van der Waals surface area contributed by atoms with Gasteiger partial charge in [-0.15, -0.1) is 11.6 Å². The van der Waals surface area contributed by atoms with Crippen molar-refractivity contribution in [2.24, 2.45) is 0 Å². The molecule has 4 heteroatoms. The van der Waals surface area contributed by atoms with Crippen LogP contribution in [0.5, 0.6) is 0 Å². The monoisotopic (exact) mass is 203 g/mol. The predicted molar refractivity (Wildman–Crippen MR) is 47.8 cm³/mol. The Hall–Kier alpha value is -0.540. The summed E-state index contributed by atoms with van der Waals surface area (Å²) in [5, 5.41) is 0. The third kappa shape index (κ3) is 1.79. The molecule has 0 amide bonds. The van der Waals surface area contributed by atoms with Gasteiger partial charge in [0.25, 0.3) is 0 Å². The minimum atomic E-state index is -3.34. The molecule has 0 aliphatic carbocycles. The van der Waals surface area contributed by atoms with E-state index in [0.29, 0.717) is 0 Å². The average molecular weight is 204 g/mol. The lowest BCUT2D eigenvalue weighted by molar-refractivity contribution is 0.594. The van der Waals surface area contributed by atoms with Gasteiger partial charge in [-0.3, -0.25) is 0 Å². The quantitative estimate of drug-likeness (QED) is 0.688. The van der Waals surface area contributed by atoms with Gasteiger partial charge >= 0.3 is 0 Å². The molecule has 0 saturated heterocycles. The first-order valence-electron chi connectivity index (χ1n) is 3.39. The van der Waals surface area contributed by atoms with E-state index in [9.17, 15) is 8.42 Å². The first-order valence-corrected chi connectivity index (χ1v) is 5.37. The van der Waals surface area contributed by atoms with Gasteiger partial charge in [0.2, 0.25) is 0 Å². The summed E-state index contributed by atoms with van der Waals surface area (Å²) in [5.74, 6) is 0. The van der Waals surface area contributed by atoms with Crippen LogP contribution in [0.3, 0.4) is 0 Å². The summed E-state index contributed by atoms with van der Waals surface area (Å²) in [6.07, 6.45) is 0. The molecule has 65 valence electrons. The smallest absolute Gasteiger partial charge is 0.194 e. The van der Waals surface area contributed by atoms with Crippen molar-refractivity contribution in [2.75, 3.05) is 0 Å². The molecule has 0 bridgehead atoms. The molecule has 1 atom stereocenters. The SMILES string of the molecule is CC(Cl)S(=O)(=O)c1c[c]ccc1. The molecule has 12 heavy (non-hydrogen) atoms. The summed E-state index contributed by atoms with van der Waals surface area (Å²) < 4.78 is 21.9. The minimum absolute atomic E-state index is 0.215. The van der Waals surface area contributed by atoms with E-state index in [-0.39, 0.29) is 4.90 Å². The Balaban J connectivity index is 3.17. The van der Waals surface area contributed by atoms with Gasteiger partial charge in [0, 0.05) is 0 Å². The zero-order valence-corrected chi connectivity index (χ0v) is 8.06. The largest absolute Gasteiger partial charge is 0.222 e. The summed E-state index contributed by atoms with van der Waals surface area (Å²) in [7, 11) is -3.34. The number of hydrogen-bond acceptors (Lipinski definition) is 2. The summed E-state index contributed by atoms with van der Waals surface area (Å²) in [4.78, 5) is 0.215. The van der Waals surface area contributed by atoms with E-state index in [4.69, 9.17) is 11.6 Å². The second-order valence-electron chi connectivity index (χ2n) is 2.33. The molecule has 0 aromatic heterocycles. The average Bonchev–Trinajstić information content (AvgIpc) is 2.06. The van der Waals surface area contributed by atoms with Crippen molar-refractivity contribution < 1.29 is 8.42 Å². The molecule has 0 fully saturated rings. The Morgan fingerprint density at radius 3 is 2.67 bits per heavy atom. The normalized spacial score (nSPS) is 14.2. The molecule has 0 N–H and O–H groups in total. The number of benzene rings is 1. The highest BCUT2D eigenvalue weighted by Crippen LogP contribution is 2.17. The molecule has 1 aromatic rings. The van der Waals surface area contributed by atoms with Crippen molar-refractivity contribution in [1.82, 2.24) is 0 Å². The molecule has 0 aliphatic rings. The fraction of sp³-hybridized carbons (Fsp3) is 0.250. The zero-order valence-electron chi connectivity index (χ0n) is 6.49. The highest BCUT2D eigenvalue weighted by atomic mass is 35.5. The maximum absolute atomic E-state index is 11.4. The summed E-state index contributed by atoms with van der Waals surface area (Å²) >= 11 is 5.50. The minimum Gasteiger partial charge on any atom is -0.222 e. The van der Waals surface area contributed by atoms with Gasteiger partial charge in [-0.25, -0.2) is 8.42 Å². The first kappa shape index (κ1) is 9.55. The van der Waals surface area contributed by atoms with Crippen molar-refractivity contribution >= 4 is 21.4 Å². The van der Waals surface area contributed by atoms with E-state index in [0.717, 1.165) is 0 Å². The lowest BCUT2D eigenvalue weighted by Gasteiger charge is -2.04. The third-order valence-corrected chi connectivity index (χ3v) is 3.90. The van der Waals surface area contributed by atoms with Gasteiger partial charge in [-0.05, 0) is 25.1 Å². The topological polar surface area (TPSA) is 34.1 Å². The van der Waals surface area contributed by atoms with Crippen LogP contribution in [0, 0.1) is 6.07 Å². The van der Waals surface area contributed by atoms with Gasteiger partial charge in [0.1, 0.15) is 4.71 Å². The van der Waals surface area contributed by atoms with Gasteiger partial charge in [0.15, 0.2) is 9.84 Å². The molecule has 0 aliphatic heterocycles. The molecule has 1 unspecified atom stereocenters. The number of sulfone groups is 1. The summed E-state index contributed by atoms with van der Waals surface area (Å²) in [5.41, 5.74) is 0. The molecule has 1 radical (unpaired) electrons. The number of alkyl halides is 1. The molecular weight excluding hydrogens is 196 g/mol. The van der Waals surface area contributed by atoms with E-state index >= 15 is 0 Å². The number of rotatable bonds is 2. The maximum Gasteiger partial charge on any atom is 0.194 e. The molecule has 0 spiro atoms. The number of hydrogen-bond donors (Lipinski definition) is 0.